The van der Waals surface area contributed by atoms with E-state index < -0.39 is 5.41 Å². The van der Waals surface area contributed by atoms with Crippen LogP contribution in [0.1, 0.15) is 27.8 Å². The molecule has 13 rings (SSSR count). The van der Waals surface area contributed by atoms with E-state index in [1.165, 1.54) is 75.8 Å². The third kappa shape index (κ3) is 6.15. The van der Waals surface area contributed by atoms with Gasteiger partial charge in [-0.2, -0.15) is 0 Å². The molecule has 0 saturated carbocycles. The van der Waals surface area contributed by atoms with Crippen LogP contribution in [-0.4, -0.2) is 15.0 Å². The van der Waals surface area contributed by atoms with Gasteiger partial charge >= 0.3 is 0 Å². The Morgan fingerprint density at radius 3 is 1.57 bits per heavy atom. The van der Waals surface area contributed by atoms with E-state index in [9.17, 15) is 0 Å². The molecule has 11 aromatic rings. The van der Waals surface area contributed by atoms with Crippen molar-refractivity contribution < 1.29 is 0 Å². The Hall–Kier alpha value is -8.57. The van der Waals surface area contributed by atoms with Crippen LogP contribution < -0.4 is 0 Å². The number of thiophene rings is 1. The van der Waals surface area contributed by atoms with Crippen molar-refractivity contribution >= 4 is 37.1 Å². The molecule has 2 aliphatic carbocycles. The van der Waals surface area contributed by atoms with Gasteiger partial charge in [-0.1, -0.05) is 195 Å². The van der Waals surface area contributed by atoms with Gasteiger partial charge in [0.2, 0.25) is 0 Å². The van der Waals surface area contributed by atoms with Crippen molar-refractivity contribution in [3.05, 3.63) is 265 Å². The van der Waals surface area contributed by atoms with E-state index in [-0.39, 0.29) is 0 Å². The minimum absolute atomic E-state index is 0.397. The predicted molar refractivity (Wildman–Crippen MR) is 285 cm³/mol. The van der Waals surface area contributed by atoms with Crippen molar-refractivity contribution in [3.63, 3.8) is 0 Å². The largest absolute Gasteiger partial charge is 0.208 e. The number of allylic oxidation sites excluding steroid dienone is 4. The number of aromatic nitrogens is 3. The standard InChI is InChI=1S/C64H41N3S/c1-3-4-17-40(2)42-20-14-22-45(36-42)61-65-62(46-23-15-21-43(37-46)41-18-6-5-7-19-41)67-63(66-61)47-33-35-59-53(39-47)52-38-44(32-34-58(52)68-59)48-27-16-31-57-60(48)51-26-10-13-30-56(51)64(57)54-28-11-8-24-49(54)50-25-9-12-29-55(50)64/h3-39H,1-2H2/b17-4-. The second-order valence-electron chi connectivity index (χ2n) is 17.6. The third-order valence-corrected chi connectivity index (χ3v) is 15.0. The van der Waals surface area contributed by atoms with E-state index in [2.05, 4.69) is 207 Å². The first-order chi connectivity index (χ1) is 33.6. The maximum Gasteiger partial charge on any atom is 0.164 e. The lowest BCUT2D eigenvalue weighted by Gasteiger charge is -2.30. The van der Waals surface area contributed by atoms with Crippen LogP contribution in [0.3, 0.4) is 0 Å². The molecule has 0 atom stereocenters. The van der Waals surface area contributed by atoms with E-state index in [0.29, 0.717) is 17.5 Å². The molecule has 3 nitrogen and oxygen atoms in total. The van der Waals surface area contributed by atoms with E-state index in [1.54, 1.807) is 6.08 Å². The quantitative estimate of drug-likeness (QED) is 0.143. The van der Waals surface area contributed by atoms with Crippen LogP contribution in [0.15, 0.2) is 238 Å². The number of hydrogen-bond acceptors (Lipinski definition) is 4. The lowest BCUT2D eigenvalue weighted by Crippen LogP contribution is -2.25. The maximum absolute atomic E-state index is 5.24. The Bertz CT molecular complexity index is 3870. The van der Waals surface area contributed by atoms with Crippen molar-refractivity contribution in [1.29, 1.82) is 0 Å². The maximum atomic E-state index is 5.24. The molecule has 0 bridgehead atoms. The fraction of sp³-hybridized carbons (Fsp3) is 0.0156. The highest BCUT2D eigenvalue weighted by Gasteiger charge is 2.52. The molecular formula is C64H41N3S. The summed E-state index contributed by atoms with van der Waals surface area (Å²) in [5, 5.41) is 2.39. The van der Waals surface area contributed by atoms with Gasteiger partial charge in [-0.15, -0.1) is 11.3 Å². The molecular weight excluding hydrogens is 843 g/mol. The smallest absolute Gasteiger partial charge is 0.164 e. The molecule has 0 fully saturated rings. The molecule has 0 amide bonds. The van der Waals surface area contributed by atoms with Gasteiger partial charge in [0.25, 0.3) is 0 Å². The summed E-state index contributed by atoms with van der Waals surface area (Å²) in [6.45, 7) is 8.15. The van der Waals surface area contributed by atoms with E-state index in [1.807, 2.05) is 35.6 Å². The second kappa shape index (κ2) is 15.8. The number of rotatable bonds is 8. The normalized spacial score (nSPS) is 12.9. The average molecular weight is 884 g/mol. The zero-order valence-electron chi connectivity index (χ0n) is 37.0. The topological polar surface area (TPSA) is 38.7 Å². The van der Waals surface area contributed by atoms with Crippen LogP contribution in [0.4, 0.5) is 0 Å². The molecule has 0 unspecified atom stereocenters. The highest BCUT2D eigenvalue weighted by atomic mass is 32.1. The SMILES string of the molecule is C=C/C=C\C(=C)c1cccc(-c2nc(-c3cccc(-c4ccccc4)c3)nc(-c3ccc4sc5ccc(-c6cccc7c6-c6ccccc6C76c7ccccc7-c7ccccc76)cc5c4c3)n2)c1. The van der Waals surface area contributed by atoms with Crippen LogP contribution in [-0.2, 0) is 5.41 Å². The highest BCUT2D eigenvalue weighted by Crippen LogP contribution is 2.64. The summed E-state index contributed by atoms with van der Waals surface area (Å²) in [5.74, 6) is 1.82. The third-order valence-electron chi connectivity index (χ3n) is 13.8. The molecule has 2 aliphatic rings. The summed E-state index contributed by atoms with van der Waals surface area (Å²) in [6.07, 6.45) is 5.62. The van der Waals surface area contributed by atoms with Crippen molar-refractivity contribution in [2.24, 2.45) is 0 Å². The van der Waals surface area contributed by atoms with Gasteiger partial charge in [-0.25, -0.2) is 15.0 Å². The van der Waals surface area contributed by atoms with Crippen LogP contribution in [0.2, 0.25) is 0 Å². The number of nitrogens with zero attached hydrogens (tertiary/aromatic N) is 3. The van der Waals surface area contributed by atoms with Crippen molar-refractivity contribution in [2.45, 2.75) is 5.41 Å². The molecule has 9 aromatic carbocycles. The Morgan fingerprint density at radius 2 is 0.897 bits per heavy atom. The summed E-state index contributed by atoms with van der Waals surface area (Å²) in [4.78, 5) is 15.6. The first-order valence-electron chi connectivity index (χ1n) is 23.0. The van der Waals surface area contributed by atoms with E-state index in [4.69, 9.17) is 15.0 Å². The molecule has 0 saturated heterocycles. The molecule has 68 heavy (non-hydrogen) atoms. The first kappa shape index (κ1) is 39.8. The summed E-state index contributed by atoms with van der Waals surface area (Å²) in [5.41, 5.74) is 19.5. The molecule has 4 heteroatoms. The zero-order chi connectivity index (χ0) is 45.3. The van der Waals surface area contributed by atoms with Crippen LogP contribution in [0.25, 0.3) is 104 Å². The minimum Gasteiger partial charge on any atom is -0.208 e. The molecule has 0 N–H and O–H groups in total. The molecule has 318 valence electrons. The van der Waals surface area contributed by atoms with E-state index in [0.717, 1.165) is 39.0 Å². The zero-order valence-corrected chi connectivity index (χ0v) is 37.8. The van der Waals surface area contributed by atoms with Crippen molar-refractivity contribution in [2.75, 3.05) is 0 Å². The Kier molecular flexibility index (Phi) is 9.24. The second-order valence-corrected chi connectivity index (χ2v) is 18.7. The monoisotopic (exact) mass is 883 g/mol. The molecule has 1 spiro atoms. The molecule has 0 aliphatic heterocycles. The number of hydrogen-bond donors (Lipinski definition) is 0. The minimum atomic E-state index is -0.397. The fourth-order valence-corrected chi connectivity index (χ4v) is 11.9. The van der Waals surface area contributed by atoms with Gasteiger partial charge in [0.15, 0.2) is 17.5 Å². The van der Waals surface area contributed by atoms with Gasteiger partial charge in [-0.05, 0) is 120 Å². The Labute approximate surface area is 399 Å². The Balaban J connectivity index is 0.967. The molecule has 0 radical (unpaired) electrons. The lowest BCUT2D eigenvalue weighted by atomic mass is 9.70. The van der Waals surface area contributed by atoms with E-state index >= 15 is 0 Å². The van der Waals surface area contributed by atoms with Crippen LogP contribution in [0, 0.1) is 0 Å². The number of benzene rings is 9. The highest BCUT2D eigenvalue weighted by molar-refractivity contribution is 7.25. The summed E-state index contributed by atoms with van der Waals surface area (Å²) in [7, 11) is 0. The van der Waals surface area contributed by atoms with Gasteiger partial charge in [-0.3, -0.25) is 0 Å². The summed E-state index contributed by atoms with van der Waals surface area (Å²) < 4.78 is 2.45. The average Bonchev–Trinajstić information content (AvgIpc) is 4.04. The van der Waals surface area contributed by atoms with Gasteiger partial charge in [0.1, 0.15) is 0 Å². The van der Waals surface area contributed by atoms with Gasteiger partial charge in [0.05, 0.1) is 5.41 Å². The summed E-state index contributed by atoms with van der Waals surface area (Å²) in [6, 6.07) is 74.8. The van der Waals surface area contributed by atoms with Gasteiger partial charge in [0, 0.05) is 36.9 Å². The Morgan fingerprint density at radius 1 is 0.412 bits per heavy atom. The van der Waals surface area contributed by atoms with Crippen LogP contribution in [0.5, 0.6) is 0 Å². The summed E-state index contributed by atoms with van der Waals surface area (Å²) >= 11 is 1.82. The lowest BCUT2D eigenvalue weighted by molar-refractivity contribution is 0.794. The molecule has 2 aromatic heterocycles. The van der Waals surface area contributed by atoms with Gasteiger partial charge < -0.3 is 0 Å². The fourth-order valence-electron chi connectivity index (χ4n) is 10.8. The van der Waals surface area contributed by atoms with Crippen LogP contribution >= 0.6 is 11.3 Å². The van der Waals surface area contributed by atoms with Crippen molar-refractivity contribution in [1.82, 2.24) is 15.0 Å². The predicted octanol–water partition coefficient (Wildman–Crippen LogP) is 16.7. The molecule has 2 heterocycles. The van der Waals surface area contributed by atoms with Crippen molar-refractivity contribution in [3.8, 4) is 78.7 Å². The first-order valence-corrected chi connectivity index (χ1v) is 23.8. The number of fused-ring (bicyclic) bond motifs is 13.